The van der Waals surface area contributed by atoms with Crippen molar-refractivity contribution in [3.8, 4) is 0 Å². The normalized spacial score (nSPS) is 18.9. The SMILES string of the molecule is O=C(NCCN1CCN(S(=O)(=O)c2ccccc2)CC1)c1ccc(S(=O)(=O)N2CCOCC2)cc1. The van der Waals surface area contributed by atoms with Crippen LogP contribution in [0.25, 0.3) is 0 Å². The van der Waals surface area contributed by atoms with Gasteiger partial charge in [0.1, 0.15) is 0 Å². The van der Waals surface area contributed by atoms with Crippen LogP contribution >= 0.6 is 0 Å². The fourth-order valence-corrected chi connectivity index (χ4v) is 6.93. The van der Waals surface area contributed by atoms with E-state index in [2.05, 4.69) is 10.2 Å². The van der Waals surface area contributed by atoms with Gasteiger partial charge in [-0.25, -0.2) is 16.8 Å². The Morgan fingerprint density at radius 3 is 1.89 bits per heavy atom. The van der Waals surface area contributed by atoms with Gasteiger partial charge in [-0.3, -0.25) is 9.69 Å². The van der Waals surface area contributed by atoms with Crippen molar-refractivity contribution < 1.29 is 26.4 Å². The molecular formula is C23H30N4O6S2. The van der Waals surface area contributed by atoms with E-state index in [0.29, 0.717) is 76.0 Å². The summed E-state index contributed by atoms with van der Waals surface area (Å²) in [6.45, 7) is 4.32. The van der Waals surface area contributed by atoms with Gasteiger partial charge in [0.2, 0.25) is 20.0 Å². The molecule has 0 bridgehead atoms. The van der Waals surface area contributed by atoms with Crippen LogP contribution in [0.3, 0.4) is 0 Å². The third-order valence-electron chi connectivity index (χ3n) is 6.15. The van der Waals surface area contributed by atoms with E-state index in [1.54, 1.807) is 30.3 Å². The first-order chi connectivity index (χ1) is 16.8. The summed E-state index contributed by atoms with van der Waals surface area (Å²) in [4.78, 5) is 15.1. The van der Waals surface area contributed by atoms with Crippen molar-refractivity contribution in [3.05, 3.63) is 60.2 Å². The molecule has 1 amide bonds. The Labute approximate surface area is 206 Å². The van der Waals surface area contributed by atoms with E-state index in [4.69, 9.17) is 4.74 Å². The molecule has 2 aliphatic heterocycles. The second kappa shape index (κ2) is 11.1. The third-order valence-corrected chi connectivity index (χ3v) is 9.98. The summed E-state index contributed by atoms with van der Waals surface area (Å²) >= 11 is 0. The molecule has 4 rings (SSSR count). The van der Waals surface area contributed by atoms with Crippen LogP contribution in [0, 0.1) is 0 Å². The number of piperazine rings is 1. The minimum Gasteiger partial charge on any atom is -0.379 e. The molecule has 0 saturated carbocycles. The summed E-state index contributed by atoms with van der Waals surface area (Å²) < 4.78 is 59.0. The van der Waals surface area contributed by atoms with Crippen LogP contribution in [0.1, 0.15) is 10.4 Å². The molecule has 2 aromatic carbocycles. The third kappa shape index (κ3) is 6.08. The predicted molar refractivity (Wildman–Crippen MR) is 130 cm³/mol. The monoisotopic (exact) mass is 522 g/mol. The molecule has 2 fully saturated rings. The largest absolute Gasteiger partial charge is 0.379 e. The molecule has 0 aliphatic carbocycles. The number of nitrogens with zero attached hydrogens (tertiary/aromatic N) is 3. The molecule has 0 unspecified atom stereocenters. The minimum absolute atomic E-state index is 0.152. The second-order valence-electron chi connectivity index (χ2n) is 8.36. The topological polar surface area (TPSA) is 116 Å². The van der Waals surface area contributed by atoms with Crippen LogP contribution in [0.15, 0.2) is 64.4 Å². The molecule has 0 radical (unpaired) electrons. The molecule has 10 nitrogen and oxygen atoms in total. The number of carbonyl (C=O) groups is 1. The molecule has 2 aromatic rings. The highest BCUT2D eigenvalue weighted by atomic mass is 32.2. The molecule has 12 heteroatoms. The molecule has 0 aromatic heterocycles. The highest BCUT2D eigenvalue weighted by Gasteiger charge is 2.28. The molecular weight excluding hydrogens is 492 g/mol. The van der Waals surface area contributed by atoms with Gasteiger partial charge in [-0.1, -0.05) is 18.2 Å². The van der Waals surface area contributed by atoms with Gasteiger partial charge in [-0.15, -0.1) is 0 Å². The lowest BCUT2D eigenvalue weighted by Gasteiger charge is -2.33. The van der Waals surface area contributed by atoms with Gasteiger partial charge in [0.05, 0.1) is 23.0 Å². The van der Waals surface area contributed by atoms with Gasteiger partial charge >= 0.3 is 0 Å². The molecule has 1 N–H and O–H groups in total. The summed E-state index contributed by atoms with van der Waals surface area (Å²) in [5.41, 5.74) is 0.379. The average molecular weight is 523 g/mol. The maximum Gasteiger partial charge on any atom is 0.251 e. The Bertz CT molecular complexity index is 1210. The van der Waals surface area contributed by atoms with Gasteiger partial charge in [-0.2, -0.15) is 8.61 Å². The lowest BCUT2D eigenvalue weighted by Crippen LogP contribution is -2.50. The van der Waals surface area contributed by atoms with Gasteiger partial charge in [-0.05, 0) is 36.4 Å². The maximum absolute atomic E-state index is 12.7. The van der Waals surface area contributed by atoms with E-state index in [-0.39, 0.29) is 10.8 Å². The summed E-state index contributed by atoms with van der Waals surface area (Å²) in [5, 5.41) is 2.85. The predicted octanol–water partition coefficient (Wildman–Crippen LogP) is 0.444. The first-order valence-corrected chi connectivity index (χ1v) is 14.4. The number of morpholine rings is 1. The van der Waals surface area contributed by atoms with Crippen LogP contribution in [0.4, 0.5) is 0 Å². The van der Waals surface area contributed by atoms with Crippen molar-refractivity contribution in [1.82, 2.24) is 18.8 Å². The summed E-state index contributed by atoms with van der Waals surface area (Å²) in [6.07, 6.45) is 0. The highest BCUT2D eigenvalue weighted by molar-refractivity contribution is 7.89. The van der Waals surface area contributed by atoms with Crippen molar-refractivity contribution in [1.29, 1.82) is 0 Å². The Kier molecular flexibility index (Phi) is 8.19. The zero-order valence-corrected chi connectivity index (χ0v) is 21.0. The molecule has 0 atom stereocenters. The van der Waals surface area contributed by atoms with Gasteiger partial charge < -0.3 is 10.1 Å². The fourth-order valence-electron chi connectivity index (χ4n) is 4.08. The first kappa shape index (κ1) is 25.7. The molecule has 0 spiro atoms. The van der Waals surface area contributed by atoms with Crippen LogP contribution in [-0.4, -0.2) is 102 Å². The van der Waals surface area contributed by atoms with E-state index in [0.717, 1.165) is 0 Å². The number of rotatable bonds is 8. The fraction of sp³-hybridized carbons (Fsp3) is 0.435. The number of amides is 1. The molecule has 2 heterocycles. The van der Waals surface area contributed by atoms with Crippen molar-refractivity contribution in [2.45, 2.75) is 9.79 Å². The summed E-state index contributed by atoms with van der Waals surface area (Å²) in [7, 11) is -7.09. The van der Waals surface area contributed by atoms with Crippen LogP contribution in [-0.2, 0) is 24.8 Å². The number of hydrogen-bond acceptors (Lipinski definition) is 7. The van der Waals surface area contributed by atoms with Crippen molar-refractivity contribution in [2.24, 2.45) is 0 Å². The Hall–Kier alpha value is -2.35. The highest BCUT2D eigenvalue weighted by Crippen LogP contribution is 2.18. The van der Waals surface area contributed by atoms with Gasteiger partial charge in [0, 0.05) is 57.9 Å². The Morgan fingerprint density at radius 1 is 0.743 bits per heavy atom. The van der Waals surface area contributed by atoms with E-state index in [9.17, 15) is 21.6 Å². The number of carbonyl (C=O) groups excluding carboxylic acids is 1. The van der Waals surface area contributed by atoms with Gasteiger partial charge in [0.25, 0.3) is 5.91 Å². The number of sulfonamides is 2. The summed E-state index contributed by atoms with van der Waals surface area (Å²) in [6, 6.07) is 14.3. The van der Waals surface area contributed by atoms with Crippen LogP contribution < -0.4 is 5.32 Å². The number of ether oxygens (including phenoxy) is 1. The van der Waals surface area contributed by atoms with Crippen molar-refractivity contribution in [3.63, 3.8) is 0 Å². The maximum atomic E-state index is 12.7. The number of hydrogen-bond donors (Lipinski definition) is 1. The lowest BCUT2D eigenvalue weighted by molar-refractivity contribution is 0.0730. The molecule has 2 aliphatic rings. The zero-order valence-electron chi connectivity index (χ0n) is 19.4. The Morgan fingerprint density at radius 2 is 1.29 bits per heavy atom. The second-order valence-corrected chi connectivity index (χ2v) is 12.2. The molecule has 190 valence electrons. The quantitative estimate of drug-likeness (QED) is 0.535. The first-order valence-electron chi connectivity index (χ1n) is 11.5. The number of nitrogens with one attached hydrogen (secondary N) is 1. The standard InChI is InChI=1S/C23H30N4O6S2/c28-23(20-6-8-22(9-7-20)35(31,32)27-16-18-33-19-17-27)24-10-11-25-12-14-26(15-13-25)34(29,30)21-4-2-1-3-5-21/h1-9H,10-19H2,(H,24,28). The van der Waals surface area contributed by atoms with E-state index < -0.39 is 20.0 Å². The van der Waals surface area contributed by atoms with E-state index >= 15 is 0 Å². The van der Waals surface area contributed by atoms with E-state index in [1.807, 2.05) is 0 Å². The lowest BCUT2D eigenvalue weighted by atomic mass is 10.2. The Balaban J connectivity index is 1.23. The van der Waals surface area contributed by atoms with Crippen molar-refractivity contribution >= 4 is 26.0 Å². The smallest absolute Gasteiger partial charge is 0.251 e. The average Bonchev–Trinajstić information content (AvgIpc) is 2.90. The van der Waals surface area contributed by atoms with Gasteiger partial charge in [0.15, 0.2) is 0 Å². The van der Waals surface area contributed by atoms with Crippen LogP contribution in [0.2, 0.25) is 0 Å². The zero-order chi connectivity index (χ0) is 24.9. The van der Waals surface area contributed by atoms with Crippen LogP contribution in [0.5, 0.6) is 0 Å². The minimum atomic E-state index is -3.60. The van der Waals surface area contributed by atoms with E-state index in [1.165, 1.54) is 32.9 Å². The molecule has 35 heavy (non-hydrogen) atoms. The number of benzene rings is 2. The summed E-state index contributed by atoms with van der Waals surface area (Å²) in [5.74, 6) is -0.286. The molecule has 2 saturated heterocycles. The van der Waals surface area contributed by atoms with Crippen molar-refractivity contribution in [2.75, 3.05) is 65.6 Å².